The van der Waals surface area contributed by atoms with Gasteiger partial charge in [0.25, 0.3) is 0 Å². The van der Waals surface area contributed by atoms with E-state index in [1.807, 2.05) is 48.2 Å². The highest BCUT2D eigenvalue weighted by Gasteiger charge is 2.24. The van der Waals surface area contributed by atoms with E-state index in [0.29, 0.717) is 30.9 Å². The zero-order chi connectivity index (χ0) is 20.6. The fourth-order valence-electron chi connectivity index (χ4n) is 3.89. The molecule has 0 aliphatic carbocycles. The van der Waals surface area contributed by atoms with Crippen molar-refractivity contribution in [3.05, 3.63) is 65.2 Å². The molecule has 29 heavy (non-hydrogen) atoms. The summed E-state index contributed by atoms with van der Waals surface area (Å²) in [5.74, 6) is 0.607. The highest BCUT2D eigenvalue weighted by Crippen LogP contribution is 2.24. The molecule has 2 aromatic carbocycles. The van der Waals surface area contributed by atoms with Crippen molar-refractivity contribution in [1.29, 1.82) is 0 Å². The van der Waals surface area contributed by atoms with E-state index in [-0.39, 0.29) is 5.91 Å². The average molecular weight is 395 g/mol. The molecule has 2 aromatic rings. The second-order valence-electron chi connectivity index (χ2n) is 7.71. The molecule has 1 amide bonds. The lowest BCUT2D eigenvalue weighted by atomic mass is 9.88. The van der Waals surface area contributed by atoms with Crippen LogP contribution in [-0.2, 0) is 11.2 Å². The minimum Gasteiger partial charge on any atom is -0.493 e. The molecule has 5 nitrogen and oxygen atoms in total. The molecule has 1 heterocycles. The van der Waals surface area contributed by atoms with Gasteiger partial charge in [0.1, 0.15) is 5.75 Å². The molecule has 5 heteroatoms. The minimum atomic E-state index is -0.874. The van der Waals surface area contributed by atoms with Crippen LogP contribution in [0.5, 0.6) is 5.75 Å². The van der Waals surface area contributed by atoms with Crippen molar-refractivity contribution in [2.45, 2.75) is 39.0 Å². The van der Waals surface area contributed by atoms with Crippen LogP contribution in [0.1, 0.15) is 47.2 Å². The van der Waals surface area contributed by atoms with E-state index in [1.165, 1.54) is 0 Å². The topological polar surface area (TPSA) is 66.8 Å². The first-order chi connectivity index (χ1) is 14.0. The van der Waals surface area contributed by atoms with Crippen LogP contribution >= 0.6 is 0 Å². The number of carboxylic acids is 1. The number of carboxylic acid groups (broad SMARTS) is 1. The number of benzene rings is 2. The van der Waals surface area contributed by atoms with Crippen LogP contribution in [0.2, 0.25) is 0 Å². The van der Waals surface area contributed by atoms with Crippen molar-refractivity contribution in [3.63, 3.8) is 0 Å². The van der Waals surface area contributed by atoms with Gasteiger partial charge in [0.05, 0.1) is 12.2 Å². The number of carbonyl (C=O) groups is 2. The molecule has 0 aromatic heterocycles. The normalized spacial score (nSPS) is 14.6. The van der Waals surface area contributed by atoms with Gasteiger partial charge in [0.15, 0.2) is 0 Å². The Morgan fingerprint density at radius 2 is 1.76 bits per heavy atom. The van der Waals surface area contributed by atoms with Gasteiger partial charge < -0.3 is 14.7 Å². The average Bonchev–Trinajstić information content (AvgIpc) is 2.73. The quantitative estimate of drug-likeness (QED) is 0.676. The molecule has 0 saturated carbocycles. The van der Waals surface area contributed by atoms with E-state index < -0.39 is 5.97 Å². The van der Waals surface area contributed by atoms with Crippen molar-refractivity contribution in [2.24, 2.45) is 5.92 Å². The largest absolute Gasteiger partial charge is 0.493 e. The molecule has 154 valence electrons. The van der Waals surface area contributed by atoms with Crippen LogP contribution in [0.15, 0.2) is 48.5 Å². The van der Waals surface area contributed by atoms with Crippen LogP contribution in [0.25, 0.3) is 0 Å². The number of likely N-dealkylation sites (tertiary alicyclic amines) is 1. The van der Waals surface area contributed by atoms with Crippen molar-refractivity contribution >= 4 is 11.9 Å². The number of hydrogen-bond acceptors (Lipinski definition) is 3. The Morgan fingerprint density at radius 1 is 1.07 bits per heavy atom. The number of nitrogens with zero attached hydrogens (tertiary/aromatic N) is 1. The van der Waals surface area contributed by atoms with Crippen LogP contribution in [0, 0.1) is 12.8 Å². The Hall–Kier alpha value is -2.82. The summed E-state index contributed by atoms with van der Waals surface area (Å²) in [5, 5.41) is 9.34. The monoisotopic (exact) mass is 395 g/mol. The Morgan fingerprint density at radius 3 is 2.48 bits per heavy atom. The summed E-state index contributed by atoms with van der Waals surface area (Å²) in [4.78, 5) is 25.8. The smallest absolute Gasteiger partial charge is 0.335 e. The van der Waals surface area contributed by atoms with E-state index in [2.05, 4.69) is 0 Å². The first-order valence-corrected chi connectivity index (χ1v) is 10.3. The summed E-state index contributed by atoms with van der Waals surface area (Å²) >= 11 is 0. The highest BCUT2D eigenvalue weighted by atomic mass is 16.5. The zero-order valence-corrected chi connectivity index (χ0v) is 17.0. The number of hydrogen-bond donors (Lipinski definition) is 1. The molecule has 1 N–H and O–H groups in total. The predicted octanol–water partition coefficient (Wildman–Crippen LogP) is 4.33. The third-order valence-electron chi connectivity index (χ3n) is 5.61. The lowest BCUT2D eigenvalue weighted by Gasteiger charge is -2.32. The van der Waals surface area contributed by atoms with Crippen LogP contribution in [0.3, 0.4) is 0 Å². The third kappa shape index (κ3) is 5.83. The molecule has 0 radical (unpaired) electrons. The first-order valence-electron chi connectivity index (χ1n) is 10.3. The molecule has 1 fully saturated rings. The number of amides is 1. The van der Waals surface area contributed by atoms with E-state index in [9.17, 15) is 14.7 Å². The summed E-state index contributed by atoms with van der Waals surface area (Å²) in [7, 11) is 0. The third-order valence-corrected chi connectivity index (χ3v) is 5.61. The minimum absolute atomic E-state index is 0.183. The van der Waals surface area contributed by atoms with Crippen LogP contribution < -0.4 is 4.74 Å². The number of aromatic carboxylic acids is 1. The lowest BCUT2D eigenvalue weighted by molar-refractivity contribution is -0.132. The molecule has 1 aliphatic heterocycles. The Bertz CT molecular complexity index is 840. The molecule has 1 aliphatic rings. The number of ether oxygens (including phenoxy) is 1. The maximum atomic E-state index is 12.5. The molecular weight excluding hydrogens is 366 g/mol. The van der Waals surface area contributed by atoms with Gasteiger partial charge in [0, 0.05) is 19.5 Å². The van der Waals surface area contributed by atoms with Crippen molar-refractivity contribution in [1.82, 2.24) is 4.90 Å². The van der Waals surface area contributed by atoms with Crippen molar-refractivity contribution in [2.75, 3.05) is 19.7 Å². The van der Waals surface area contributed by atoms with Gasteiger partial charge in [-0.1, -0.05) is 36.4 Å². The number of carbonyl (C=O) groups excluding carboxylic acids is 1. The van der Waals surface area contributed by atoms with E-state index >= 15 is 0 Å². The molecule has 0 spiro atoms. The molecule has 0 unspecified atom stereocenters. The zero-order valence-electron chi connectivity index (χ0n) is 17.0. The van der Waals surface area contributed by atoms with Gasteiger partial charge in [-0.3, -0.25) is 4.79 Å². The van der Waals surface area contributed by atoms with Crippen molar-refractivity contribution in [3.8, 4) is 5.75 Å². The second kappa shape index (κ2) is 10.1. The maximum absolute atomic E-state index is 12.5. The molecule has 0 bridgehead atoms. The van der Waals surface area contributed by atoms with E-state index in [0.717, 1.165) is 49.2 Å². The summed E-state index contributed by atoms with van der Waals surface area (Å²) < 4.78 is 5.77. The van der Waals surface area contributed by atoms with Gasteiger partial charge >= 0.3 is 5.97 Å². The maximum Gasteiger partial charge on any atom is 0.335 e. The number of aryl methyl sites for hydroxylation is 1. The summed E-state index contributed by atoms with van der Waals surface area (Å²) in [6, 6.07) is 15.1. The van der Waals surface area contributed by atoms with E-state index in [1.54, 1.807) is 12.1 Å². The van der Waals surface area contributed by atoms with Gasteiger partial charge in [0.2, 0.25) is 5.91 Å². The highest BCUT2D eigenvalue weighted by molar-refractivity contribution is 5.89. The van der Waals surface area contributed by atoms with Gasteiger partial charge in [-0.2, -0.15) is 0 Å². The van der Waals surface area contributed by atoms with Gasteiger partial charge in [-0.15, -0.1) is 0 Å². The summed E-state index contributed by atoms with van der Waals surface area (Å²) in [6.45, 7) is 4.05. The molecule has 3 rings (SSSR count). The van der Waals surface area contributed by atoms with Gasteiger partial charge in [-0.25, -0.2) is 4.79 Å². The number of rotatable bonds is 8. The van der Waals surface area contributed by atoms with Crippen LogP contribution in [0.4, 0.5) is 0 Å². The molecular formula is C24H29NO4. The second-order valence-corrected chi connectivity index (χ2v) is 7.71. The number of para-hydroxylation sites is 1. The molecule has 0 atom stereocenters. The summed E-state index contributed by atoms with van der Waals surface area (Å²) in [6.07, 6.45) is 3.80. The lowest BCUT2D eigenvalue weighted by Crippen LogP contribution is -2.39. The van der Waals surface area contributed by atoms with Gasteiger partial charge in [-0.05, 0) is 61.8 Å². The fraction of sp³-hybridized carbons (Fsp3) is 0.417. The number of piperidine rings is 1. The van der Waals surface area contributed by atoms with E-state index in [4.69, 9.17) is 4.74 Å². The Labute approximate surface area is 172 Å². The summed E-state index contributed by atoms with van der Waals surface area (Å²) in [5.41, 5.74) is 2.38. The first kappa shape index (κ1) is 20.9. The predicted molar refractivity (Wildman–Crippen MR) is 112 cm³/mol. The SMILES string of the molecule is Cc1ccccc1OCCCC(=O)N1CCC(Cc2ccccc2C(=O)O)CC1. The van der Waals surface area contributed by atoms with Crippen LogP contribution in [-0.4, -0.2) is 41.6 Å². The standard InChI is InChI=1S/C24H29NO4/c1-18-7-2-5-10-22(18)29-16-6-11-23(26)25-14-12-19(13-15-25)17-20-8-3-4-9-21(20)24(27)28/h2-5,7-10,19H,6,11-17H2,1H3,(H,27,28). The molecule has 1 saturated heterocycles. The van der Waals surface area contributed by atoms with Crippen molar-refractivity contribution < 1.29 is 19.4 Å². The fourth-order valence-corrected chi connectivity index (χ4v) is 3.89. The Kier molecular flexibility index (Phi) is 7.28. The Balaban J connectivity index is 1.39.